The summed E-state index contributed by atoms with van der Waals surface area (Å²) in [7, 11) is 0. The summed E-state index contributed by atoms with van der Waals surface area (Å²) in [5.41, 5.74) is 2.03. The number of nitrogen functional groups attached to an aromatic ring is 1. The number of rotatable bonds is 4. The molecule has 1 aliphatic heterocycles. The lowest BCUT2D eigenvalue weighted by Gasteiger charge is -2.13. The monoisotopic (exact) mass is 239 g/mol. The average molecular weight is 239 g/mol. The Labute approximate surface area is 99.3 Å². The van der Waals surface area contributed by atoms with Gasteiger partial charge in [-0.3, -0.25) is 15.1 Å². The summed E-state index contributed by atoms with van der Waals surface area (Å²) in [6.07, 6.45) is 1.01. The number of aliphatic hydroxyl groups is 1. The number of hydrazine groups is 1. The van der Waals surface area contributed by atoms with E-state index in [1.165, 1.54) is 0 Å². The summed E-state index contributed by atoms with van der Waals surface area (Å²) in [5.74, 6) is 5.91. The van der Waals surface area contributed by atoms with Crippen molar-refractivity contribution in [2.24, 2.45) is 11.8 Å². The van der Waals surface area contributed by atoms with E-state index in [1.54, 1.807) is 12.1 Å². The quantitative estimate of drug-likeness (QED) is 0.381. The van der Waals surface area contributed by atoms with E-state index >= 15 is 0 Å². The van der Waals surface area contributed by atoms with Crippen LogP contribution in [0.4, 0.5) is 0 Å². The second-order valence-corrected chi connectivity index (χ2v) is 4.31. The molecular formula is C11H17N3O3. The minimum Gasteiger partial charge on any atom is -0.455 e. The smallest absolute Gasteiger partial charge is 0.300 e. The highest BCUT2D eigenvalue weighted by atomic mass is 16.4. The number of furan rings is 1. The fourth-order valence-corrected chi connectivity index (χ4v) is 2.08. The molecule has 1 amide bonds. The topological polar surface area (TPSA) is 91.7 Å². The Morgan fingerprint density at radius 1 is 1.65 bits per heavy atom. The van der Waals surface area contributed by atoms with Crippen LogP contribution in [-0.2, 0) is 6.54 Å². The highest BCUT2D eigenvalue weighted by Crippen LogP contribution is 2.19. The van der Waals surface area contributed by atoms with Gasteiger partial charge in [-0.2, -0.15) is 0 Å². The Morgan fingerprint density at radius 3 is 3.12 bits per heavy atom. The highest BCUT2D eigenvalue weighted by molar-refractivity contribution is 5.90. The summed E-state index contributed by atoms with van der Waals surface area (Å²) in [4.78, 5) is 13.4. The molecule has 1 aliphatic rings. The minimum atomic E-state index is -0.425. The molecule has 1 fully saturated rings. The van der Waals surface area contributed by atoms with Gasteiger partial charge in [0.25, 0.3) is 0 Å². The summed E-state index contributed by atoms with van der Waals surface area (Å²) in [6, 6.07) is 3.38. The molecule has 2 rings (SSSR count). The largest absolute Gasteiger partial charge is 0.455 e. The van der Waals surface area contributed by atoms with Crippen molar-refractivity contribution in [3.63, 3.8) is 0 Å². The standard InChI is InChI=1S/C11H17N3O3/c12-13-11(16)10-2-1-9(17-10)6-14-4-3-8(5-14)7-15/h1-2,8,15H,3-7,12H2,(H,13,16). The van der Waals surface area contributed by atoms with Gasteiger partial charge in [-0.15, -0.1) is 0 Å². The Bertz CT molecular complexity index is 391. The van der Waals surface area contributed by atoms with Crippen LogP contribution >= 0.6 is 0 Å². The third-order valence-corrected chi connectivity index (χ3v) is 3.02. The van der Waals surface area contributed by atoms with E-state index in [2.05, 4.69) is 4.90 Å². The van der Waals surface area contributed by atoms with Crippen LogP contribution in [0.3, 0.4) is 0 Å². The zero-order valence-electron chi connectivity index (χ0n) is 9.56. The first-order valence-electron chi connectivity index (χ1n) is 5.65. The molecule has 17 heavy (non-hydrogen) atoms. The fourth-order valence-electron chi connectivity index (χ4n) is 2.08. The maximum Gasteiger partial charge on any atom is 0.300 e. The fraction of sp³-hybridized carbons (Fsp3) is 0.545. The lowest BCUT2D eigenvalue weighted by molar-refractivity contribution is 0.0922. The van der Waals surface area contributed by atoms with Crippen LogP contribution in [0.1, 0.15) is 22.7 Å². The molecule has 0 aliphatic carbocycles. The van der Waals surface area contributed by atoms with Gasteiger partial charge in [-0.05, 0) is 31.0 Å². The second kappa shape index (κ2) is 5.31. The van der Waals surface area contributed by atoms with Gasteiger partial charge in [0.15, 0.2) is 5.76 Å². The molecule has 94 valence electrons. The van der Waals surface area contributed by atoms with E-state index in [-0.39, 0.29) is 12.4 Å². The number of nitrogens with one attached hydrogen (secondary N) is 1. The lowest BCUT2D eigenvalue weighted by atomic mass is 10.1. The van der Waals surface area contributed by atoms with Crippen LogP contribution in [-0.4, -0.2) is 35.6 Å². The third kappa shape index (κ3) is 2.85. The molecule has 4 N–H and O–H groups in total. The van der Waals surface area contributed by atoms with Crippen LogP contribution < -0.4 is 11.3 Å². The molecule has 1 unspecified atom stereocenters. The van der Waals surface area contributed by atoms with Crippen LogP contribution in [0.15, 0.2) is 16.5 Å². The zero-order valence-corrected chi connectivity index (χ0v) is 9.56. The average Bonchev–Trinajstić information content (AvgIpc) is 2.97. The molecule has 1 aromatic rings. The van der Waals surface area contributed by atoms with Gasteiger partial charge in [0.05, 0.1) is 6.54 Å². The van der Waals surface area contributed by atoms with Crippen LogP contribution in [0.25, 0.3) is 0 Å². The Balaban J connectivity index is 1.91. The number of nitrogens with two attached hydrogens (primary N) is 1. The van der Waals surface area contributed by atoms with Gasteiger partial charge >= 0.3 is 5.91 Å². The summed E-state index contributed by atoms with van der Waals surface area (Å²) in [6.45, 7) is 2.71. The minimum absolute atomic E-state index is 0.223. The molecule has 1 saturated heterocycles. The first kappa shape index (κ1) is 12.1. The normalized spacial score (nSPS) is 20.7. The van der Waals surface area contributed by atoms with Crippen molar-refractivity contribution in [2.45, 2.75) is 13.0 Å². The van der Waals surface area contributed by atoms with Gasteiger partial charge in [-0.25, -0.2) is 5.84 Å². The zero-order chi connectivity index (χ0) is 12.3. The van der Waals surface area contributed by atoms with Crippen molar-refractivity contribution in [1.82, 2.24) is 10.3 Å². The Hall–Kier alpha value is -1.37. The molecule has 0 bridgehead atoms. The van der Waals surface area contributed by atoms with Gasteiger partial charge in [0.2, 0.25) is 0 Å². The number of hydrogen-bond acceptors (Lipinski definition) is 5. The summed E-state index contributed by atoms with van der Waals surface area (Å²) in [5, 5.41) is 9.04. The third-order valence-electron chi connectivity index (χ3n) is 3.02. The molecule has 1 atom stereocenters. The van der Waals surface area contributed by atoms with Crippen molar-refractivity contribution in [1.29, 1.82) is 0 Å². The van der Waals surface area contributed by atoms with E-state index in [4.69, 9.17) is 15.4 Å². The lowest BCUT2D eigenvalue weighted by Crippen LogP contribution is -2.29. The predicted octanol–water partition coefficient (Wildman–Crippen LogP) is -0.303. The number of nitrogens with zero attached hydrogens (tertiary/aromatic N) is 1. The Kier molecular flexibility index (Phi) is 3.78. The molecule has 0 spiro atoms. The van der Waals surface area contributed by atoms with Crippen LogP contribution in [0.2, 0.25) is 0 Å². The van der Waals surface area contributed by atoms with Crippen molar-refractivity contribution >= 4 is 5.91 Å². The van der Waals surface area contributed by atoms with Gasteiger partial charge in [0.1, 0.15) is 5.76 Å². The number of carbonyl (C=O) groups is 1. The van der Waals surface area contributed by atoms with Crippen molar-refractivity contribution < 1.29 is 14.3 Å². The van der Waals surface area contributed by atoms with E-state index in [0.29, 0.717) is 12.5 Å². The molecule has 2 heterocycles. The van der Waals surface area contributed by atoms with Crippen molar-refractivity contribution in [2.75, 3.05) is 19.7 Å². The number of amides is 1. The molecule has 1 aromatic heterocycles. The predicted molar refractivity (Wildman–Crippen MR) is 60.8 cm³/mol. The van der Waals surface area contributed by atoms with E-state index in [1.807, 2.05) is 5.43 Å². The number of carbonyl (C=O) groups excluding carboxylic acids is 1. The van der Waals surface area contributed by atoms with Gasteiger partial charge in [-0.1, -0.05) is 0 Å². The number of hydrogen-bond donors (Lipinski definition) is 3. The molecule has 0 saturated carbocycles. The van der Waals surface area contributed by atoms with Crippen molar-refractivity contribution in [3.8, 4) is 0 Å². The van der Waals surface area contributed by atoms with Crippen molar-refractivity contribution in [3.05, 3.63) is 23.7 Å². The van der Waals surface area contributed by atoms with E-state index in [0.717, 1.165) is 25.3 Å². The molecule has 6 nitrogen and oxygen atoms in total. The molecular weight excluding hydrogens is 222 g/mol. The molecule has 0 radical (unpaired) electrons. The first-order valence-corrected chi connectivity index (χ1v) is 5.65. The highest BCUT2D eigenvalue weighted by Gasteiger charge is 2.22. The van der Waals surface area contributed by atoms with Crippen LogP contribution in [0, 0.1) is 5.92 Å². The van der Waals surface area contributed by atoms with E-state index in [9.17, 15) is 4.79 Å². The maximum atomic E-state index is 11.2. The second-order valence-electron chi connectivity index (χ2n) is 4.31. The molecule has 0 aromatic carbocycles. The van der Waals surface area contributed by atoms with Crippen LogP contribution in [0.5, 0.6) is 0 Å². The van der Waals surface area contributed by atoms with E-state index < -0.39 is 5.91 Å². The van der Waals surface area contributed by atoms with Gasteiger partial charge < -0.3 is 9.52 Å². The Morgan fingerprint density at radius 2 is 2.47 bits per heavy atom. The summed E-state index contributed by atoms with van der Waals surface area (Å²) >= 11 is 0. The maximum absolute atomic E-state index is 11.2. The SMILES string of the molecule is NNC(=O)c1ccc(CN2CCC(CO)C2)o1. The van der Waals surface area contributed by atoms with Gasteiger partial charge in [0, 0.05) is 13.2 Å². The first-order chi connectivity index (χ1) is 8.22. The molecule has 6 heteroatoms. The summed E-state index contributed by atoms with van der Waals surface area (Å²) < 4.78 is 5.37. The number of aliphatic hydroxyl groups excluding tert-OH is 1. The number of likely N-dealkylation sites (tertiary alicyclic amines) is 1.